The zero-order valence-electron chi connectivity index (χ0n) is 11.4. The smallest absolute Gasteiger partial charge is 0.123 e. The van der Waals surface area contributed by atoms with Crippen molar-refractivity contribution in [1.82, 2.24) is 0 Å². The lowest BCUT2D eigenvalue weighted by Gasteiger charge is -2.17. The number of nitrogens with two attached hydrogens (primary N) is 1. The largest absolute Gasteiger partial charge is 0.386 e. The Balaban J connectivity index is 2.19. The monoisotopic (exact) mass is 243 g/mol. The summed E-state index contributed by atoms with van der Waals surface area (Å²) in [7, 11) is 0. The third kappa shape index (κ3) is 2.97. The molecular formula is C15H21N3. The van der Waals surface area contributed by atoms with Crippen molar-refractivity contribution in [3.8, 4) is 0 Å². The Labute approximate surface area is 109 Å². The molecule has 0 aliphatic carbocycles. The molecule has 1 unspecified atom stereocenters. The van der Waals surface area contributed by atoms with Crippen LogP contribution in [0.25, 0.3) is 0 Å². The SMILES string of the molecule is CC(C)Cc1ccc(C2=NN=C(N)CC2C)cc1. The summed E-state index contributed by atoms with van der Waals surface area (Å²) in [6, 6.07) is 8.66. The average molecular weight is 243 g/mol. The van der Waals surface area contributed by atoms with E-state index in [1.165, 1.54) is 5.56 Å². The molecule has 0 fully saturated rings. The molecule has 1 aromatic rings. The first-order valence-electron chi connectivity index (χ1n) is 6.55. The summed E-state index contributed by atoms with van der Waals surface area (Å²) >= 11 is 0. The highest BCUT2D eigenvalue weighted by Gasteiger charge is 2.18. The van der Waals surface area contributed by atoms with Crippen LogP contribution in [-0.2, 0) is 6.42 Å². The van der Waals surface area contributed by atoms with Crippen LogP contribution in [0, 0.1) is 11.8 Å². The van der Waals surface area contributed by atoms with E-state index in [9.17, 15) is 0 Å². The normalized spacial score (nSPS) is 19.7. The number of hydrogen-bond donors (Lipinski definition) is 1. The fourth-order valence-corrected chi connectivity index (χ4v) is 2.29. The molecule has 1 aliphatic heterocycles. The molecule has 0 saturated carbocycles. The first-order valence-corrected chi connectivity index (χ1v) is 6.55. The summed E-state index contributed by atoms with van der Waals surface area (Å²) in [5.74, 6) is 1.66. The minimum absolute atomic E-state index is 0.346. The van der Waals surface area contributed by atoms with Gasteiger partial charge in [0.1, 0.15) is 5.84 Å². The maximum atomic E-state index is 5.69. The molecule has 0 radical (unpaired) electrons. The van der Waals surface area contributed by atoms with Gasteiger partial charge in [-0.25, -0.2) is 0 Å². The predicted molar refractivity (Wildman–Crippen MR) is 76.9 cm³/mol. The van der Waals surface area contributed by atoms with Gasteiger partial charge in [0.25, 0.3) is 0 Å². The highest BCUT2D eigenvalue weighted by Crippen LogP contribution is 2.18. The van der Waals surface area contributed by atoms with Crippen LogP contribution in [-0.4, -0.2) is 11.5 Å². The molecule has 0 amide bonds. The molecule has 1 aliphatic rings. The zero-order chi connectivity index (χ0) is 13.1. The Kier molecular flexibility index (Phi) is 3.80. The Hall–Kier alpha value is -1.64. The summed E-state index contributed by atoms with van der Waals surface area (Å²) in [6.07, 6.45) is 1.92. The third-order valence-corrected chi connectivity index (χ3v) is 3.16. The van der Waals surface area contributed by atoms with Crippen LogP contribution < -0.4 is 5.73 Å². The topological polar surface area (TPSA) is 50.7 Å². The second kappa shape index (κ2) is 5.34. The van der Waals surface area contributed by atoms with Gasteiger partial charge >= 0.3 is 0 Å². The van der Waals surface area contributed by atoms with Gasteiger partial charge in [-0.15, -0.1) is 5.10 Å². The molecule has 18 heavy (non-hydrogen) atoms. The molecule has 1 heterocycles. The number of nitrogens with zero attached hydrogens (tertiary/aromatic N) is 2. The van der Waals surface area contributed by atoms with Crippen molar-refractivity contribution >= 4 is 11.5 Å². The highest BCUT2D eigenvalue weighted by molar-refractivity contribution is 6.05. The van der Waals surface area contributed by atoms with Crippen molar-refractivity contribution in [2.24, 2.45) is 27.8 Å². The van der Waals surface area contributed by atoms with Crippen molar-refractivity contribution in [2.45, 2.75) is 33.6 Å². The van der Waals surface area contributed by atoms with Crippen LogP contribution >= 0.6 is 0 Å². The average Bonchev–Trinajstić information content (AvgIpc) is 2.30. The van der Waals surface area contributed by atoms with E-state index in [-0.39, 0.29) is 0 Å². The van der Waals surface area contributed by atoms with Crippen LogP contribution in [0.1, 0.15) is 38.3 Å². The van der Waals surface area contributed by atoms with Gasteiger partial charge in [0.15, 0.2) is 0 Å². The lowest BCUT2D eigenvalue weighted by Crippen LogP contribution is -2.25. The van der Waals surface area contributed by atoms with Gasteiger partial charge in [-0.05, 0) is 23.5 Å². The fraction of sp³-hybridized carbons (Fsp3) is 0.467. The predicted octanol–water partition coefficient (Wildman–Crippen LogP) is 2.99. The van der Waals surface area contributed by atoms with Gasteiger partial charge in [0.2, 0.25) is 0 Å². The van der Waals surface area contributed by atoms with E-state index in [4.69, 9.17) is 5.73 Å². The standard InChI is InChI=1S/C15H21N3/c1-10(2)8-12-4-6-13(7-5-12)15-11(3)9-14(16)17-18-15/h4-7,10-11H,8-9H2,1-3H3,(H2,16,17). The van der Waals surface area contributed by atoms with Crippen molar-refractivity contribution < 1.29 is 0 Å². The van der Waals surface area contributed by atoms with E-state index in [1.54, 1.807) is 0 Å². The molecule has 3 nitrogen and oxygen atoms in total. The molecule has 3 heteroatoms. The lowest BCUT2D eigenvalue weighted by atomic mass is 9.93. The summed E-state index contributed by atoms with van der Waals surface area (Å²) < 4.78 is 0. The molecule has 1 aromatic carbocycles. The van der Waals surface area contributed by atoms with Crippen molar-refractivity contribution in [3.63, 3.8) is 0 Å². The lowest BCUT2D eigenvalue weighted by molar-refractivity contribution is 0.647. The summed E-state index contributed by atoms with van der Waals surface area (Å²) in [5, 5.41) is 8.22. The molecular weight excluding hydrogens is 222 g/mol. The molecule has 0 bridgehead atoms. The van der Waals surface area contributed by atoms with Crippen LogP contribution in [0.2, 0.25) is 0 Å². The quantitative estimate of drug-likeness (QED) is 0.871. The maximum absolute atomic E-state index is 5.69. The van der Waals surface area contributed by atoms with Gasteiger partial charge in [0, 0.05) is 12.3 Å². The van der Waals surface area contributed by atoms with Crippen LogP contribution in [0.15, 0.2) is 34.5 Å². The number of hydrogen-bond acceptors (Lipinski definition) is 3. The van der Waals surface area contributed by atoms with E-state index in [0.29, 0.717) is 17.7 Å². The van der Waals surface area contributed by atoms with E-state index >= 15 is 0 Å². The van der Waals surface area contributed by atoms with Crippen molar-refractivity contribution in [1.29, 1.82) is 0 Å². The van der Waals surface area contributed by atoms with Gasteiger partial charge < -0.3 is 5.73 Å². The van der Waals surface area contributed by atoms with E-state index < -0.39 is 0 Å². The molecule has 2 N–H and O–H groups in total. The Morgan fingerprint density at radius 3 is 2.44 bits per heavy atom. The molecule has 1 atom stereocenters. The van der Waals surface area contributed by atoms with Gasteiger partial charge in [-0.1, -0.05) is 45.0 Å². The second-order valence-corrected chi connectivity index (χ2v) is 5.48. The number of amidine groups is 1. The van der Waals surface area contributed by atoms with Crippen LogP contribution in [0.5, 0.6) is 0 Å². The minimum Gasteiger partial charge on any atom is -0.386 e. The first-order chi connectivity index (χ1) is 8.56. The Morgan fingerprint density at radius 2 is 1.89 bits per heavy atom. The number of benzene rings is 1. The highest BCUT2D eigenvalue weighted by atomic mass is 15.2. The second-order valence-electron chi connectivity index (χ2n) is 5.48. The van der Waals surface area contributed by atoms with Crippen LogP contribution in [0.3, 0.4) is 0 Å². The molecule has 2 rings (SSSR count). The van der Waals surface area contributed by atoms with Gasteiger partial charge in [-0.3, -0.25) is 0 Å². The first kappa shape index (κ1) is 12.8. The maximum Gasteiger partial charge on any atom is 0.123 e. The van der Waals surface area contributed by atoms with E-state index in [0.717, 1.165) is 24.1 Å². The molecule has 96 valence electrons. The van der Waals surface area contributed by atoms with E-state index in [1.807, 2.05) is 0 Å². The van der Waals surface area contributed by atoms with Crippen molar-refractivity contribution in [2.75, 3.05) is 0 Å². The summed E-state index contributed by atoms with van der Waals surface area (Å²) in [4.78, 5) is 0. The third-order valence-electron chi connectivity index (χ3n) is 3.16. The van der Waals surface area contributed by atoms with Gasteiger partial charge in [-0.2, -0.15) is 5.10 Å². The van der Waals surface area contributed by atoms with Crippen molar-refractivity contribution in [3.05, 3.63) is 35.4 Å². The van der Waals surface area contributed by atoms with Gasteiger partial charge in [0.05, 0.1) is 5.71 Å². The molecule has 0 aromatic heterocycles. The number of rotatable bonds is 3. The molecule has 0 spiro atoms. The van der Waals surface area contributed by atoms with Crippen LogP contribution in [0.4, 0.5) is 0 Å². The zero-order valence-corrected chi connectivity index (χ0v) is 11.4. The Morgan fingerprint density at radius 1 is 1.22 bits per heavy atom. The van der Waals surface area contributed by atoms with E-state index in [2.05, 4.69) is 55.2 Å². The minimum atomic E-state index is 0.346. The molecule has 0 saturated heterocycles. The summed E-state index contributed by atoms with van der Waals surface area (Å²) in [5.41, 5.74) is 9.26. The fourth-order valence-electron chi connectivity index (χ4n) is 2.29. The Bertz CT molecular complexity index is 469. The summed E-state index contributed by atoms with van der Waals surface area (Å²) in [6.45, 7) is 6.61.